The number of thioether (sulfide) groups is 1. The van der Waals surface area contributed by atoms with Crippen molar-refractivity contribution in [1.29, 1.82) is 0 Å². The lowest BCUT2D eigenvalue weighted by Crippen LogP contribution is -2.21. The second kappa shape index (κ2) is 4.77. The first-order chi connectivity index (χ1) is 4.93. The molecule has 1 rings (SSSR count). The maximum atomic E-state index is 4.82. The number of hydrogen-bond acceptors (Lipinski definition) is 3. The molecule has 1 aliphatic heterocycles. The predicted octanol–water partition coefficient (Wildman–Crippen LogP) is 1.63. The first-order valence-electron chi connectivity index (χ1n) is 3.40. The van der Waals surface area contributed by atoms with Crippen LogP contribution in [0.25, 0.3) is 0 Å². The molecule has 1 aliphatic rings. The Hall–Kier alpha value is 0.01000. The molecule has 0 aromatic rings. The Morgan fingerprint density at radius 1 is 1.60 bits per heavy atom. The number of hydrogen-bond donors (Lipinski definition) is 0. The fourth-order valence-electron chi connectivity index (χ4n) is 0.781. The van der Waals surface area contributed by atoms with E-state index in [-0.39, 0.29) is 0 Å². The average Bonchev–Trinajstić information content (AvgIpc) is 2.03. The van der Waals surface area contributed by atoms with Gasteiger partial charge in [0.25, 0.3) is 0 Å². The molecule has 0 saturated carbocycles. The summed E-state index contributed by atoms with van der Waals surface area (Å²) in [7, 11) is 0. The molecule has 58 valence electrons. The lowest BCUT2D eigenvalue weighted by atomic mass is 10.3. The smallest absolute Gasteiger partial charge is 0.0941 e. The summed E-state index contributed by atoms with van der Waals surface area (Å²) in [5, 5.41) is 0.603. The van der Waals surface area contributed by atoms with Crippen LogP contribution in [0.2, 0.25) is 0 Å². The minimum absolute atomic E-state index is 0.603. The Morgan fingerprint density at radius 3 is 3.10 bits per heavy atom. The first-order valence-corrected chi connectivity index (χ1v) is 4.45. The predicted molar refractivity (Wildman–Crippen MR) is 43.0 cm³/mol. The summed E-state index contributed by atoms with van der Waals surface area (Å²) in [5.74, 6) is 1.01. The molecule has 1 heterocycles. The summed E-state index contributed by atoms with van der Waals surface area (Å²) in [4.78, 5) is 9.56. The lowest BCUT2D eigenvalue weighted by molar-refractivity contribution is -0.310. The van der Waals surface area contributed by atoms with Gasteiger partial charge in [0.05, 0.1) is 13.2 Å². The van der Waals surface area contributed by atoms with Gasteiger partial charge in [0.2, 0.25) is 0 Å². The van der Waals surface area contributed by atoms with E-state index in [0.717, 1.165) is 25.4 Å². The third-order valence-electron chi connectivity index (χ3n) is 1.31. The van der Waals surface area contributed by atoms with E-state index < -0.39 is 0 Å². The Kier molecular flexibility index (Phi) is 3.87. The van der Waals surface area contributed by atoms with Gasteiger partial charge in [0.15, 0.2) is 0 Å². The molecule has 0 bridgehead atoms. The fraction of sp³-hybridized carbons (Fsp3) is 0.714. The van der Waals surface area contributed by atoms with Crippen molar-refractivity contribution in [3.8, 4) is 0 Å². The van der Waals surface area contributed by atoms with Crippen LogP contribution in [0.4, 0.5) is 0 Å². The highest BCUT2D eigenvalue weighted by molar-refractivity contribution is 8.00. The summed E-state index contributed by atoms with van der Waals surface area (Å²) in [6, 6.07) is 0. The topological polar surface area (TPSA) is 18.5 Å². The molecule has 1 unspecified atom stereocenters. The van der Waals surface area contributed by atoms with Crippen molar-refractivity contribution < 1.29 is 9.78 Å². The molecule has 1 fully saturated rings. The standard InChI is InChI=1S/C7H12O2S/c1-2-5-10-7-3-4-8-9-6-7/h2,7H,1,3-6H2. The van der Waals surface area contributed by atoms with Crippen molar-refractivity contribution >= 4 is 11.8 Å². The monoisotopic (exact) mass is 160 g/mol. The summed E-state index contributed by atoms with van der Waals surface area (Å²) in [6.07, 6.45) is 3.01. The molecule has 1 atom stereocenters. The minimum atomic E-state index is 0.603. The van der Waals surface area contributed by atoms with Crippen molar-refractivity contribution in [3.63, 3.8) is 0 Å². The minimum Gasteiger partial charge on any atom is -0.237 e. The van der Waals surface area contributed by atoms with E-state index in [0.29, 0.717) is 5.25 Å². The van der Waals surface area contributed by atoms with Crippen LogP contribution < -0.4 is 0 Å². The normalized spacial score (nSPS) is 26.2. The van der Waals surface area contributed by atoms with Gasteiger partial charge in [-0.25, -0.2) is 9.78 Å². The largest absolute Gasteiger partial charge is 0.237 e. The summed E-state index contributed by atoms with van der Waals surface area (Å²) in [6.45, 7) is 5.10. The first kappa shape index (κ1) is 8.11. The zero-order chi connectivity index (χ0) is 7.23. The van der Waals surface area contributed by atoms with Crippen molar-refractivity contribution in [2.45, 2.75) is 11.7 Å². The molecular formula is C7H12O2S. The molecule has 0 radical (unpaired) electrons. The quantitative estimate of drug-likeness (QED) is 0.462. The molecule has 0 amide bonds. The van der Waals surface area contributed by atoms with Gasteiger partial charge in [0, 0.05) is 11.0 Å². The van der Waals surface area contributed by atoms with Gasteiger partial charge >= 0.3 is 0 Å². The van der Waals surface area contributed by atoms with Gasteiger partial charge in [-0.05, 0) is 6.42 Å². The van der Waals surface area contributed by atoms with Gasteiger partial charge in [0.1, 0.15) is 0 Å². The highest BCUT2D eigenvalue weighted by Gasteiger charge is 2.13. The molecule has 0 aliphatic carbocycles. The second-order valence-electron chi connectivity index (χ2n) is 2.14. The van der Waals surface area contributed by atoms with Crippen molar-refractivity contribution in [2.24, 2.45) is 0 Å². The Balaban J connectivity index is 2.07. The van der Waals surface area contributed by atoms with Crippen LogP contribution in [0.3, 0.4) is 0 Å². The molecular weight excluding hydrogens is 148 g/mol. The van der Waals surface area contributed by atoms with Gasteiger partial charge in [-0.2, -0.15) is 11.8 Å². The molecule has 0 aromatic carbocycles. The molecule has 3 heteroatoms. The summed E-state index contributed by atoms with van der Waals surface area (Å²) >= 11 is 1.87. The van der Waals surface area contributed by atoms with Crippen LogP contribution in [0.5, 0.6) is 0 Å². The Bertz CT molecular complexity index is 99.8. The van der Waals surface area contributed by atoms with E-state index in [4.69, 9.17) is 9.78 Å². The zero-order valence-electron chi connectivity index (χ0n) is 5.91. The van der Waals surface area contributed by atoms with Crippen molar-refractivity contribution in [2.75, 3.05) is 19.0 Å². The van der Waals surface area contributed by atoms with Gasteiger partial charge < -0.3 is 0 Å². The average molecular weight is 160 g/mol. The van der Waals surface area contributed by atoms with E-state index in [1.165, 1.54) is 0 Å². The van der Waals surface area contributed by atoms with Gasteiger partial charge in [-0.3, -0.25) is 0 Å². The van der Waals surface area contributed by atoms with Crippen molar-refractivity contribution in [3.05, 3.63) is 12.7 Å². The third-order valence-corrected chi connectivity index (χ3v) is 2.58. The third kappa shape index (κ3) is 2.73. The van der Waals surface area contributed by atoms with Crippen LogP contribution in [0, 0.1) is 0 Å². The maximum Gasteiger partial charge on any atom is 0.0941 e. The molecule has 1 saturated heterocycles. The van der Waals surface area contributed by atoms with Crippen LogP contribution in [-0.2, 0) is 9.78 Å². The van der Waals surface area contributed by atoms with Crippen LogP contribution >= 0.6 is 11.8 Å². The van der Waals surface area contributed by atoms with E-state index in [9.17, 15) is 0 Å². The van der Waals surface area contributed by atoms with Crippen molar-refractivity contribution in [1.82, 2.24) is 0 Å². The van der Waals surface area contributed by atoms with Crippen LogP contribution in [0.1, 0.15) is 6.42 Å². The summed E-state index contributed by atoms with van der Waals surface area (Å²) < 4.78 is 0. The lowest BCUT2D eigenvalue weighted by Gasteiger charge is -2.19. The van der Waals surface area contributed by atoms with E-state index in [1.807, 2.05) is 17.8 Å². The highest BCUT2D eigenvalue weighted by atomic mass is 32.2. The molecule has 2 nitrogen and oxygen atoms in total. The summed E-state index contributed by atoms with van der Waals surface area (Å²) in [5.41, 5.74) is 0. The molecule has 0 N–H and O–H groups in total. The Morgan fingerprint density at radius 2 is 2.50 bits per heavy atom. The van der Waals surface area contributed by atoms with E-state index in [2.05, 4.69) is 6.58 Å². The van der Waals surface area contributed by atoms with E-state index in [1.54, 1.807) is 0 Å². The highest BCUT2D eigenvalue weighted by Crippen LogP contribution is 2.18. The molecule has 0 spiro atoms. The second-order valence-corrected chi connectivity index (χ2v) is 3.47. The van der Waals surface area contributed by atoms with E-state index >= 15 is 0 Å². The van der Waals surface area contributed by atoms with Crippen LogP contribution in [0.15, 0.2) is 12.7 Å². The SMILES string of the molecule is C=CCSC1CCOOC1. The van der Waals surface area contributed by atoms with Gasteiger partial charge in [-0.15, -0.1) is 6.58 Å². The molecule has 0 aromatic heterocycles. The van der Waals surface area contributed by atoms with Gasteiger partial charge in [-0.1, -0.05) is 6.08 Å². The number of rotatable bonds is 3. The molecule has 10 heavy (non-hydrogen) atoms. The van der Waals surface area contributed by atoms with Crippen LogP contribution in [-0.4, -0.2) is 24.2 Å². The fourth-order valence-corrected chi connectivity index (χ4v) is 1.60. The Labute approximate surface area is 65.5 Å². The maximum absolute atomic E-state index is 4.82. The zero-order valence-corrected chi connectivity index (χ0v) is 6.73.